The van der Waals surface area contributed by atoms with Gasteiger partial charge in [0.1, 0.15) is 18.6 Å². The number of esters is 3. The lowest BCUT2D eigenvalue weighted by molar-refractivity contribution is -0.272. The first-order valence-corrected chi connectivity index (χ1v) is 13.8. The van der Waals surface area contributed by atoms with E-state index in [-0.39, 0.29) is 43.1 Å². The normalized spacial score (nSPS) is 42.5. The molecule has 4 aliphatic rings. The van der Waals surface area contributed by atoms with Crippen LogP contribution in [0.2, 0.25) is 0 Å². The number of ketones is 1. The number of Topliss-reactive ketones (excluding diaryl/α,β-unsaturated/α-hetero) is 1. The lowest BCUT2D eigenvalue weighted by Gasteiger charge is -2.66. The average Bonchev–Trinajstić information content (AvgIpc) is 3.11. The lowest BCUT2D eigenvalue weighted by Crippen LogP contribution is -2.69. The van der Waals surface area contributed by atoms with Crippen molar-refractivity contribution >= 4 is 35.3 Å². The summed E-state index contributed by atoms with van der Waals surface area (Å²) < 4.78 is 16.0. The fourth-order valence-electron chi connectivity index (χ4n) is 8.66. The molecule has 0 aliphatic heterocycles. The summed E-state index contributed by atoms with van der Waals surface area (Å²) in [6.45, 7) is 4.34. The SMILES string of the molecule is CC(=O)OC[C@]12CC[C@H](OC(C)=O)C[C@@]1(O)CC[C@@H]1[C@@H]2CC[C@]2(C)[C@H](C(=O)COC(=O)CCl)CC[C@]12O. The molecule has 0 amide bonds. The van der Waals surface area contributed by atoms with Gasteiger partial charge in [-0.2, -0.15) is 0 Å². The van der Waals surface area contributed by atoms with Crippen LogP contribution in [0, 0.1) is 28.6 Å². The first-order chi connectivity index (χ1) is 17.3. The van der Waals surface area contributed by atoms with Crippen molar-refractivity contribution in [2.24, 2.45) is 28.6 Å². The van der Waals surface area contributed by atoms with Crippen molar-refractivity contribution < 1.29 is 43.6 Å². The van der Waals surface area contributed by atoms with Crippen LogP contribution in [0.25, 0.3) is 0 Å². The van der Waals surface area contributed by atoms with Crippen LogP contribution in [0.3, 0.4) is 0 Å². The summed E-state index contributed by atoms with van der Waals surface area (Å²) in [7, 11) is 0. The third kappa shape index (κ3) is 4.59. The molecule has 4 fully saturated rings. The van der Waals surface area contributed by atoms with Crippen molar-refractivity contribution in [1.82, 2.24) is 0 Å². The molecule has 0 heterocycles. The van der Waals surface area contributed by atoms with E-state index in [2.05, 4.69) is 0 Å². The Morgan fingerprint density at radius 2 is 1.59 bits per heavy atom. The smallest absolute Gasteiger partial charge is 0.321 e. The number of halogens is 1. The zero-order valence-corrected chi connectivity index (χ0v) is 22.7. The summed E-state index contributed by atoms with van der Waals surface area (Å²) >= 11 is 5.49. The number of carbonyl (C=O) groups is 4. The summed E-state index contributed by atoms with van der Waals surface area (Å²) in [6, 6.07) is 0. The molecule has 0 aromatic rings. The Morgan fingerprint density at radius 3 is 2.24 bits per heavy atom. The highest BCUT2D eigenvalue weighted by atomic mass is 35.5. The predicted molar refractivity (Wildman–Crippen MR) is 131 cm³/mol. The standard InChI is InChI=1S/C27H39ClO9/c1-16(29)36-15-25-9-4-18(37-17(2)30)12-26(25,33)10-6-20-19(25)5-8-24(3)21(7-11-27(20,24)34)22(31)14-35-23(32)13-28/h18-21,33-34H,4-15H2,1-3H3/t18-,19-,20+,21-,24+,25-,26-,27-/m0/s1. The van der Waals surface area contributed by atoms with E-state index in [9.17, 15) is 29.4 Å². The van der Waals surface area contributed by atoms with Gasteiger partial charge in [0.2, 0.25) is 0 Å². The van der Waals surface area contributed by atoms with E-state index in [1.54, 1.807) is 0 Å². The van der Waals surface area contributed by atoms with Crippen molar-refractivity contribution in [3.63, 3.8) is 0 Å². The second-order valence-electron chi connectivity index (χ2n) is 11.9. The predicted octanol–water partition coefficient (Wildman–Crippen LogP) is 2.70. The van der Waals surface area contributed by atoms with Gasteiger partial charge in [0.25, 0.3) is 0 Å². The van der Waals surface area contributed by atoms with Crippen LogP contribution in [0.5, 0.6) is 0 Å². The van der Waals surface area contributed by atoms with Gasteiger partial charge in [-0.3, -0.25) is 19.2 Å². The Balaban J connectivity index is 1.63. The molecule has 0 unspecified atom stereocenters. The quantitative estimate of drug-likeness (QED) is 0.282. The summed E-state index contributed by atoms with van der Waals surface area (Å²) in [6.07, 6.45) is 3.93. The number of hydrogen-bond acceptors (Lipinski definition) is 9. The van der Waals surface area contributed by atoms with Crippen molar-refractivity contribution in [3.8, 4) is 0 Å². The molecule has 2 N–H and O–H groups in total. The van der Waals surface area contributed by atoms with Crippen LogP contribution < -0.4 is 0 Å². The third-order valence-electron chi connectivity index (χ3n) is 10.4. The average molecular weight is 543 g/mol. The van der Waals surface area contributed by atoms with E-state index in [0.717, 1.165) is 0 Å². The van der Waals surface area contributed by atoms with E-state index in [1.807, 2.05) is 6.92 Å². The minimum Gasteiger partial charge on any atom is -0.465 e. The fourth-order valence-corrected chi connectivity index (χ4v) is 8.73. The van der Waals surface area contributed by atoms with Gasteiger partial charge in [-0.25, -0.2) is 0 Å². The maximum Gasteiger partial charge on any atom is 0.321 e. The van der Waals surface area contributed by atoms with E-state index in [4.69, 9.17) is 25.8 Å². The Morgan fingerprint density at radius 1 is 0.892 bits per heavy atom. The highest BCUT2D eigenvalue weighted by Crippen LogP contribution is 2.70. The molecule has 8 atom stereocenters. The van der Waals surface area contributed by atoms with E-state index < -0.39 is 52.0 Å². The highest BCUT2D eigenvalue weighted by Gasteiger charge is 2.72. The molecule has 0 aromatic carbocycles. The highest BCUT2D eigenvalue weighted by molar-refractivity contribution is 6.26. The van der Waals surface area contributed by atoms with Gasteiger partial charge >= 0.3 is 17.9 Å². The second kappa shape index (κ2) is 10.1. The zero-order valence-electron chi connectivity index (χ0n) is 21.9. The van der Waals surface area contributed by atoms with Crippen molar-refractivity contribution in [3.05, 3.63) is 0 Å². The maximum atomic E-state index is 13.1. The monoisotopic (exact) mass is 542 g/mol. The van der Waals surface area contributed by atoms with Crippen LogP contribution in [0.4, 0.5) is 0 Å². The van der Waals surface area contributed by atoms with Crippen LogP contribution in [0.15, 0.2) is 0 Å². The first-order valence-electron chi connectivity index (χ1n) is 13.3. The van der Waals surface area contributed by atoms with E-state index >= 15 is 0 Å². The molecule has 4 saturated carbocycles. The summed E-state index contributed by atoms with van der Waals surface area (Å²) in [5.41, 5.74) is -3.85. The molecule has 4 rings (SSSR count). The molecule has 0 bridgehead atoms. The Hall–Kier alpha value is -1.71. The van der Waals surface area contributed by atoms with Gasteiger partial charge < -0.3 is 24.4 Å². The first kappa shape index (κ1) is 28.3. The Labute approximate surface area is 222 Å². The van der Waals surface area contributed by atoms with Gasteiger partial charge in [-0.05, 0) is 63.2 Å². The molecule has 4 aliphatic carbocycles. The van der Waals surface area contributed by atoms with Gasteiger partial charge in [-0.15, -0.1) is 11.6 Å². The van der Waals surface area contributed by atoms with Crippen LogP contribution in [0.1, 0.15) is 78.6 Å². The summed E-state index contributed by atoms with van der Waals surface area (Å²) in [4.78, 5) is 48.1. The van der Waals surface area contributed by atoms with Crippen molar-refractivity contribution in [2.45, 2.75) is 95.9 Å². The molecule has 0 aromatic heterocycles. The molecular weight excluding hydrogens is 504 g/mol. The zero-order chi connectivity index (χ0) is 27.2. The van der Waals surface area contributed by atoms with E-state index in [1.165, 1.54) is 13.8 Å². The summed E-state index contributed by atoms with van der Waals surface area (Å²) in [5.74, 6) is -2.80. The molecule has 37 heavy (non-hydrogen) atoms. The number of fused-ring (bicyclic) bond motifs is 5. The molecule has 9 nitrogen and oxygen atoms in total. The topological polar surface area (TPSA) is 136 Å². The van der Waals surface area contributed by atoms with Crippen molar-refractivity contribution in [1.29, 1.82) is 0 Å². The minimum absolute atomic E-state index is 0.0380. The Bertz CT molecular complexity index is 954. The maximum absolute atomic E-state index is 13.1. The number of rotatable bonds is 7. The number of aliphatic hydroxyl groups is 2. The second-order valence-corrected chi connectivity index (χ2v) is 12.2. The lowest BCUT2D eigenvalue weighted by atomic mass is 9.41. The molecule has 0 radical (unpaired) electrons. The van der Waals surface area contributed by atoms with E-state index in [0.29, 0.717) is 51.4 Å². The number of alkyl halides is 1. The Kier molecular flexibility index (Phi) is 7.74. The third-order valence-corrected chi connectivity index (χ3v) is 10.6. The molecule has 208 valence electrons. The van der Waals surface area contributed by atoms with Crippen LogP contribution in [-0.4, -0.2) is 70.3 Å². The molecule has 10 heteroatoms. The van der Waals surface area contributed by atoms with Crippen LogP contribution in [-0.2, 0) is 33.4 Å². The summed E-state index contributed by atoms with van der Waals surface area (Å²) in [5, 5.41) is 24.4. The fraction of sp³-hybridized carbons (Fsp3) is 0.852. The van der Waals surface area contributed by atoms with Gasteiger partial charge in [0.05, 0.1) is 17.8 Å². The number of hydrogen-bond donors (Lipinski definition) is 2. The molecule has 0 spiro atoms. The molecular formula is C27H39ClO9. The van der Waals surface area contributed by atoms with Gasteiger partial charge in [-0.1, -0.05) is 6.92 Å². The number of carbonyl (C=O) groups excluding carboxylic acids is 4. The van der Waals surface area contributed by atoms with Gasteiger partial charge in [0, 0.05) is 37.0 Å². The number of ether oxygens (including phenoxy) is 3. The van der Waals surface area contributed by atoms with Crippen molar-refractivity contribution in [2.75, 3.05) is 19.1 Å². The molecule has 0 saturated heterocycles. The largest absolute Gasteiger partial charge is 0.465 e. The van der Waals surface area contributed by atoms with Crippen LogP contribution >= 0.6 is 11.6 Å². The minimum atomic E-state index is -1.21. The van der Waals surface area contributed by atoms with Gasteiger partial charge in [0.15, 0.2) is 5.78 Å².